The number of ether oxygens (including phenoxy) is 1. The van der Waals surface area contributed by atoms with Crippen molar-refractivity contribution < 1.29 is 17.3 Å². The SMILES string of the molecule is C[C@@H](COS(=O)(=O)c1ccc(Br)cc1)OCc1ccccc1. The van der Waals surface area contributed by atoms with Gasteiger partial charge in [0.25, 0.3) is 10.1 Å². The summed E-state index contributed by atoms with van der Waals surface area (Å²) >= 11 is 3.26. The third-order valence-electron chi connectivity index (χ3n) is 2.94. The molecule has 4 nitrogen and oxygen atoms in total. The van der Waals surface area contributed by atoms with Crippen LogP contribution in [0.3, 0.4) is 0 Å². The molecule has 0 aliphatic carbocycles. The van der Waals surface area contributed by atoms with Crippen LogP contribution in [0.1, 0.15) is 12.5 Å². The Morgan fingerprint density at radius 1 is 1.05 bits per heavy atom. The molecule has 0 saturated carbocycles. The van der Waals surface area contributed by atoms with Crippen LogP contribution >= 0.6 is 15.9 Å². The highest BCUT2D eigenvalue weighted by molar-refractivity contribution is 9.10. The highest BCUT2D eigenvalue weighted by atomic mass is 79.9. The number of rotatable bonds is 7. The van der Waals surface area contributed by atoms with Crippen molar-refractivity contribution >= 4 is 26.0 Å². The summed E-state index contributed by atoms with van der Waals surface area (Å²) in [6.07, 6.45) is -0.328. The Balaban J connectivity index is 1.85. The molecule has 0 saturated heterocycles. The van der Waals surface area contributed by atoms with Crippen molar-refractivity contribution in [2.75, 3.05) is 6.61 Å². The third-order valence-corrected chi connectivity index (χ3v) is 4.76. The van der Waals surface area contributed by atoms with Crippen LogP contribution < -0.4 is 0 Å². The van der Waals surface area contributed by atoms with E-state index in [1.807, 2.05) is 30.3 Å². The van der Waals surface area contributed by atoms with Crippen LogP contribution in [0.15, 0.2) is 64.0 Å². The van der Waals surface area contributed by atoms with Crippen LogP contribution in [0, 0.1) is 0 Å². The molecular formula is C16H17BrO4S. The summed E-state index contributed by atoms with van der Waals surface area (Å²) in [6, 6.07) is 16.0. The number of hydrogen-bond donors (Lipinski definition) is 0. The Labute approximate surface area is 139 Å². The molecule has 6 heteroatoms. The van der Waals surface area contributed by atoms with E-state index in [4.69, 9.17) is 8.92 Å². The lowest BCUT2D eigenvalue weighted by atomic mass is 10.2. The van der Waals surface area contributed by atoms with Crippen LogP contribution in [0.4, 0.5) is 0 Å². The molecule has 0 aliphatic rings. The lowest BCUT2D eigenvalue weighted by Crippen LogP contribution is -2.19. The molecule has 0 heterocycles. The summed E-state index contributed by atoms with van der Waals surface area (Å²) in [6.45, 7) is 2.18. The second-order valence-corrected chi connectivity index (χ2v) is 7.33. The molecule has 0 aromatic heterocycles. The molecule has 0 unspecified atom stereocenters. The van der Waals surface area contributed by atoms with E-state index in [-0.39, 0.29) is 17.6 Å². The second kappa shape index (κ2) is 7.87. The van der Waals surface area contributed by atoms with Crippen molar-refractivity contribution in [3.63, 3.8) is 0 Å². The van der Waals surface area contributed by atoms with Crippen LogP contribution in [0.5, 0.6) is 0 Å². The number of hydrogen-bond acceptors (Lipinski definition) is 4. The van der Waals surface area contributed by atoms with E-state index in [1.165, 1.54) is 12.1 Å². The quantitative estimate of drug-likeness (QED) is 0.681. The summed E-state index contributed by atoms with van der Waals surface area (Å²) < 4.78 is 35.5. The molecule has 0 amide bonds. The maximum atomic E-state index is 12.0. The van der Waals surface area contributed by atoms with E-state index in [0.29, 0.717) is 6.61 Å². The molecule has 2 rings (SSSR count). The molecule has 22 heavy (non-hydrogen) atoms. The fraction of sp³-hybridized carbons (Fsp3) is 0.250. The van der Waals surface area contributed by atoms with E-state index in [0.717, 1.165) is 10.0 Å². The Hall–Kier alpha value is -1.21. The van der Waals surface area contributed by atoms with E-state index in [2.05, 4.69) is 15.9 Å². The zero-order valence-corrected chi connectivity index (χ0v) is 14.5. The molecule has 1 atom stereocenters. The second-order valence-electron chi connectivity index (χ2n) is 4.80. The van der Waals surface area contributed by atoms with Crippen molar-refractivity contribution in [2.45, 2.75) is 24.5 Å². The summed E-state index contributed by atoms with van der Waals surface area (Å²) in [5.74, 6) is 0. The molecule has 0 radical (unpaired) electrons. The first-order valence-corrected chi connectivity index (χ1v) is 8.98. The average Bonchev–Trinajstić information content (AvgIpc) is 2.52. The van der Waals surface area contributed by atoms with Gasteiger partial charge in [-0.05, 0) is 36.8 Å². The molecule has 0 spiro atoms. The molecule has 0 N–H and O–H groups in total. The van der Waals surface area contributed by atoms with Crippen molar-refractivity contribution in [2.24, 2.45) is 0 Å². The van der Waals surface area contributed by atoms with Crippen molar-refractivity contribution in [1.29, 1.82) is 0 Å². The van der Waals surface area contributed by atoms with Crippen molar-refractivity contribution in [3.05, 3.63) is 64.6 Å². The summed E-state index contributed by atoms with van der Waals surface area (Å²) in [4.78, 5) is 0.131. The highest BCUT2D eigenvalue weighted by Gasteiger charge is 2.16. The average molecular weight is 385 g/mol. The zero-order valence-electron chi connectivity index (χ0n) is 12.1. The van der Waals surface area contributed by atoms with Gasteiger partial charge in [0, 0.05) is 4.47 Å². The smallest absolute Gasteiger partial charge is 0.297 e. The molecular weight excluding hydrogens is 368 g/mol. The minimum atomic E-state index is -3.76. The van der Waals surface area contributed by atoms with Gasteiger partial charge in [0.15, 0.2) is 0 Å². The minimum absolute atomic E-state index is 0.0226. The molecule has 2 aromatic carbocycles. The van der Waals surface area contributed by atoms with Gasteiger partial charge in [-0.25, -0.2) is 0 Å². The Kier molecular flexibility index (Phi) is 6.14. The summed E-state index contributed by atoms with van der Waals surface area (Å²) in [7, 11) is -3.76. The highest BCUT2D eigenvalue weighted by Crippen LogP contribution is 2.17. The largest absolute Gasteiger partial charge is 0.371 e. The summed E-state index contributed by atoms with van der Waals surface area (Å²) in [5, 5.41) is 0. The van der Waals surface area contributed by atoms with Gasteiger partial charge in [-0.3, -0.25) is 4.18 Å². The van der Waals surface area contributed by atoms with Gasteiger partial charge in [0.05, 0.1) is 24.2 Å². The van der Waals surface area contributed by atoms with Crippen LogP contribution in [-0.2, 0) is 25.6 Å². The fourth-order valence-electron chi connectivity index (χ4n) is 1.72. The minimum Gasteiger partial charge on any atom is -0.371 e. The number of halogens is 1. The zero-order chi connectivity index (χ0) is 16.0. The Morgan fingerprint density at radius 2 is 1.68 bits per heavy atom. The van der Waals surface area contributed by atoms with Gasteiger partial charge in [-0.1, -0.05) is 46.3 Å². The molecule has 0 bridgehead atoms. The monoisotopic (exact) mass is 384 g/mol. The third kappa shape index (κ3) is 5.21. The molecule has 2 aromatic rings. The standard InChI is InChI=1S/C16H17BrO4S/c1-13(20-12-14-5-3-2-4-6-14)11-21-22(18,19)16-9-7-15(17)8-10-16/h2-10,13H,11-12H2,1H3/t13-/m0/s1. The van der Waals surface area contributed by atoms with Gasteiger partial charge in [-0.15, -0.1) is 0 Å². The van der Waals surface area contributed by atoms with Gasteiger partial charge in [0.2, 0.25) is 0 Å². The van der Waals surface area contributed by atoms with E-state index >= 15 is 0 Å². The molecule has 0 fully saturated rings. The maximum Gasteiger partial charge on any atom is 0.297 e. The Bertz CT molecular complexity index is 684. The predicted molar refractivity (Wildman–Crippen MR) is 88.0 cm³/mol. The maximum absolute atomic E-state index is 12.0. The fourth-order valence-corrected chi connectivity index (χ4v) is 2.96. The first-order chi connectivity index (χ1) is 10.5. The van der Waals surface area contributed by atoms with Gasteiger partial charge >= 0.3 is 0 Å². The van der Waals surface area contributed by atoms with E-state index in [1.54, 1.807) is 19.1 Å². The lowest BCUT2D eigenvalue weighted by Gasteiger charge is -2.13. The molecule has 118 valence electrons. The van der Waals surface area contributed by atoms with E-state index < -0.39 is 10.1 Å². The van der Waals surface area contributed by atoms with Crippen LogP contribution in [-0.4, -0.2) is 21.1 Å². The summed E-state index contributed by atoms with van der Waals surface area (Å²) in [5.41, 5.74) is 1.03. The topological polar surface area (TPSA) is 52.6 Å². The Morgan fingerprint density at radius 3 is 2.32 bits per heavy atom. The van der Waals surface area contributed by atoms with Crippen LogP contribution in [0.25, 0.3) is 0 Å². The number of benzene rings is 2. The normalized spacial score (nSPS) is 13.0. The lowest BCUT2D eigenvalue weighted by molar-refractivity contribution is 0.0229. The van der Waals surface area contributed by atoms with Gasteiger partial charge in [0.1, 0.15) is 0 Å². The van der Waals surface area contributed by atoms with Crippen molar-refractivity contribution in [3.8, 4) is 0 Å². The molecule has 0 aliphatic heterocycles. The van der Waals surface area contributed by atoms with Crippen molar-refractivity contribution in [1.82, 2.24) is 0 Å². The van der Waals surface area contributed by atoms with Gasteiger partial charge < -0.3 is 4.74 Å². The van der Waals surface area contributed by atoms with Gasteiger partial charge in [-0.2, -0.15) is 8.42 Å². The predicted octanol–water partition coefficient (Wildman–Crippen LogP) is 3.76. The first-order valence-electron chi connectivity index (χ1n) is 6.78. The van der Waals surface area contributed by atoms with Crippen LogP contribution in [0.2, 0.25) is 0 Å². The first kappa shape index (κ1) is 17.1. The van der Waals surface area contributed by atoms with E-state index in [9.17, 15) is 8.42 Å².